The molecule has 2 fully saturated rings. The molecule has 1 aliphatic heterocycles. The van der Waals surface area contributed by atoms with Crippen LogP contribution in [0.4, 0.5) is 0 Å². The highest BCUT2D eigenvalue weighted by Crippen LogP contribution is 2.46. The lowest BCUT2D eigenvalue weighted by Gasteiger charge is -2.43. The minimum Gasteiger partial charge on any atom is -0.497 e. The minimum absolute atomic E-state index is 0.138. The lowest BCUT2D eigenvalue weighted by Crippen LogP contribution is -2.49. The number of benzene rings is 1. The third kappa shape index (κ3) is 2.83. The minimum atomic E-state index is 0.138. The van der Waals surface area contributed by atoms with Crippen molar-refractivity contribution in [2.75, 3.05) is 27.3 Å². The fourth-order valence-electron chi connectivity index (χ4n) is 5.38. The Kier molecular flexibility index (Phi) is 4.66. The molecule has 2 aliphatic rings. The fraction of sp³-hybridized carbons (Fsp3) is 0.591. The van der Waals surface area contributed by atoms with Crippen LogP contribution in [-0.2, 0) is 11.8 Å². The van der Waals surface area contributed by atoms with E-state index >= 15 is 0 Å². The summed E-state index contributed by atoms with van der Waals surface area (Å²) >= 11 is 0. The van der Waals surface area contributed by atoms with Crippen LogP contribution in [-0.4, -0.2) is 48.8 Å². The van der Waals surface area contributed by atoms with Gasteiger partial charge in [0.2, 0.25) is 0 Å². The zero-order valence-electron chi connectivity index (χ0n) is 16.9. The summed E-state index contributed by atoms with van der Waals surface area (Å²) in [5.74, 6) is 0.930. The molecule has 1 saturated heterocycles. The first-order chi connectivity index (χ1) is 13.0. The lowest BCUT2D eigenvalue weighted by molar-refractivity contribution is -0.0295. The fourth-order valence-corrected chi connectivity index (χ4v) is 5.38. The summed E-state index contributed by atoms with van der Waals surface area (Å²) in [5, 5.41) is 0.980. The van der Waals surface area contributed by atoms with Crippen molar-refractivity contribution in [1.29, 1.82) is 0 Å². The van der Waals surface area contributed by atoms with Crippen LogP contribution in [0.5, 0.6) is 5.75 Å². The molecule has 1 aromatic carbocycles. The molecule has 1 saturated carbocycles. The van der Waals surface area contributed by atoms with Gasteiger partial charge in [-0.15, -0.1) is 0 Å². The van der Waals surface area contributed by atoms with Crippen LogP contribution >= 0.6 is 0 Å². The maximum absolute atomic E-state index is 13.6. The van der Waals surface area contributed by atoms with Crippen LogP contribution in [0, 0.1) is 12.3 Å². The zero-order chi connectivity index (χ0) is 19.2. The van der Waals surface area contributed by atoms with Gasteiger partial charge in [-0.2, -0.15) is 0 Å². The topological polar surface area (TPSA) is 43.7 Å². The number of aryl methyl sites for hydroxylation is 1. The van der Waals surface area contributed by atoms with Crippen LogP contribution in [0.2, 0.25) is 0 Å². The molecule has 0 N–H and O–H groups in total. The number of aromatic nitrogens is 1. The van der Waals surface area contributed by atoms with E-state index in [4.69, 9.17) is 9.47 Å². The van der Waals surface area contributed by atoms with E-state index in [1.165, 1.54) is 6.42 Å². The Balaban J connectivity index is 1.71. The Hall–Kier alpha value is -2.01. The Morgan fingerprint density at radius 3 is 2.74 bits per heavy atom. The van der Waals surface area contributed by atoms with E-state index in [0.717, 1.165) is 66.7 Å². The van der Waals surface area contributed by atoms with E-state index in [1.807, 2.05) is 39.3 Å². The van der Waals surface area contributed by atoms with Crippen LogP contribution in [0.25, 0.3) is 10.9 Å². The highest BCUT2D eigenvalue weighted by atomic mass is 16.5. The average Bonchev–Trinajstić information content (AvgIpc) is 3.19. The molecule has 0 radical (unpaired) electrons. The smallest absolute Gasteiger partial charge is 0.256 e. The van der Waals surface area contributed by atoms with Gasteiger partial charge in [-0.05, 0) is 50.8 Å². The number of nitrogens with zero attached hydrogens (tertiary/aromatic N) is 2. The summed E-state index contributed by atoms with van der Waals surface area (Å²) in [6.45, 7) is 3.67. The van der Waals surface area contributed by atoms with Gasteiger partial charge in [0.25, 0.3) is 5.91 Å². The third-order valence-electron chi connectivity index (χ3n) is 6.92. The summed E-state index contributed by atoms with van der Waals surface area (Å²) in [6, 6.07) is 5.98. The Morgan fingerprint density at radius 1 is 1.22 bits per heavy atom. The molecule has 0 unspecified atom stereocenters. The zero-order valence-corrected chi connectivity index (χ0v) is 16.9. The molecule has 1 aromatic heterocycles. The molecule has 2 atom stereocenters. The van der Waals surface area contributed by atoms with E-state index in [2.05, 4.69) is 9.47 Å². The normalized spacial score (nSPS) is 25.5. The van der Waals surface area contributed by atoms with Crippen molar-refractivity contribution in [3.63, 3.8) is 0 Å². The van der Waals surface area contributed by atoms with E-state index in [1.54, 1.807) is 7.11 Å². The van der Waals surface area contributed by atoms with E-state index in [-0.39, 0.29) is 17.4 Å². The molecule has 1 spiro atoms. The van der Waals surface area contributed by atoms with Crippen molar-refractivity contribution in [3.8, 4) is 5.75 Å². The molecule has 27 heavy (non-hydrogen) atoms. The quantitative estimate of drug-likeness (QED) is 0.823. The van der Waals surface area contributed by atoms with Crippen molar-refractivity contribution in [1.82, 2.24) is 9.47 Å². The Bertz CT molecular complexity index is 872. The lowest BCUT2D eigenvalue weighted by atomic mass is 9.76. The van der Waals surface area contributed by atoms with Crippen molar-refractivity contribution in [2.24, 2.45) is 12.5 Å². The first-order valence-corrected chi connectivity index (χ1v) is 9.96. The number of methoxy groups -OCH3 is 2. The molecule has 2 aromatic rings. The highest BCUT2D eigenvalue weighted by Gasteiger charge is 2.47. The second-order valence-electron chi connectivity index (χ2n) is 8.21. The van der Waals surface area contributed by atoms with Crippen molar-refractivity contribution >= 4 is 16.8 Å². The second kappa shape index (κ2) is 6.86. The standard InChI is InChI=1S/C22H30N2O3/c1-15-20(17-13-16(26-3)8-9-18(17)23(15)2)21(25)24-12-6-11-22(14-24)10-5-7-19(22)27-4/h8-9,13,19H,5-7,10-12,14H2,1-4H3/t19-,22-/m1/s1. The molecule has 146 valence electrons. The number of amides is 1. The number of piperidine rings is 1. The van der Waals surface area contributed by atoms with Gasteiger partial charge in [-0.1, -0.05) is 6.42 Å². The van der Waals surface area contributed by atoms with Gasteiger partial charge in [0, 0.05) is 49.3 Å². The molecular weight excluding hydrogens is 340 g/mol. The van der Waals surface area contributed by atoms with Gasteiger partial charge in [-0.25, -0.2) is 0 Å². The van der Waals surface area contributed by atoms with E-state index < -0.39 is 0 Å². The maximum Gasteiger partial charge on any atom is 0.256 e. The van der Waals surface area contributed by atoms with Crippen molar-refractivity contribution in [2.45, 2.75) is 45.1 Å². The highest BCUT2D eigenvalue weighted by molar-refractivity contribution is 6.08. The number of fused-ring (bicyclic) bond motifs is 1. The molecule has 5 nitrogen and oxygen atoms in total. The van der Waals surface area contributed by atoms with Gasteiger partial charge >= 0.3 is 0 Å². The SMILES string of the molecule is COc1ccc2c(c1)c(C(=O)N1CCC[C@]3(CCC[C@H]3OC)C1)c(C)n2C. The number of carbonyl (C=O) groups excluding carboxylic acids is 1. The molecule has 4 rings (SSSR count). The third-order valence-corrected chi connectivity index (χ3v) is 6.92. The average molecular weight is 370 g/mol. The molecule has 1 amide bonds. The van der Waals surface area contributed by atoms with Gasteiger partial charge < -0.3 is 18.9 Å². The number of likely N-dealkylation sites (tertiary alicyclic amines) is 1. The van der Waals surface area contributed by atoms with Gasteiger partial charge in [0.05, 0.1) is 18.8 Å². The second-order valence-corrected chi connectivity index (χ2v) is 8.21. The summed E-state index contributed by atoms with van der Waals surface area (Å²) < 4.78 is 13.3. The number of carbonyl (C=O) groups is 1. The number of ether oxygens (including phenoxy) is 2. The van der Waals surface area contributed by atoms with Gasteiger partial charge in [0.15, 0.2) is 0 Å². The first kappa shape index (κ1) is 18.4. The van der Waals surface area contributed by atoms with Gasteiger partial charge in [0.1, 0.15) is 5.75 Å². The molecule has 2 heterocycles. The molecular formula is C22H30N2O3. The number of hydrogen-bond acceptors (Lipinski definition) is 3. The molecule has 1 aliphatic carbocycles. The summed E-state index contributed by atoms with van der Waals surface area (Å²) in [7, 11) is 5.51. The van der Waals surface area contributed by atoms with E-state index in [0.29, 0.717) is 0 Å². The van der Waals surface area contributed by atoms with Gasteiger partial charge in [-0.3, -0.25) is 4.79 Å². The van der Waals surface area contributed by atoms with Crippen molar-refractivity contribution in [3.05, 3.63) is 29.5 Å². The van der Waals surface area contributed by atoms with Crippen LogP contribution in [0.3, 0.4) is 0 Å². The predicted octanol–water partition coefficient (Wildman–Crippen LogP) is 3.92. The van der Waals surface area contributed by atoms with Crippen LogP contribution in [0.15, 0.2) is 18.2 Å². The number of hydrogen-bond donors (Lipinski definition) is 0. The predicted molar refractivity (Wildman–Crippen MR) is 106 cm³/mol. The Morgan fingerprint density at radius 2 is 2.00 bits per heavy atom. The molecule has 0 bridgehead atoms. The van der Waals surface area contributed by atoms with Crippen LogP contribution in [0.1, 0.15) is 48.2 Å². The summed E-state index contributed by atoms with van der Waals surface area (Å²) in [4.78, 5) is 15.7. The summed E-state index contributed by atoms with van der Waals surface area (Å²) in [5.41, 5.74) is 3.03. The van der Waals surface area contributed by atoms with E-state index in [9.17, 15) is 4.79 Å². The first-order valence-electron chi connectivity index (χ1n) is 9.96. The maximum atomic E-state index is 13.6. The van der Waals surface area contributed by atoms with Crippen LogP contribution < -0.4 is 4.74 Å². The molecule has 5 heteroatoms. The Labute approximate surface area is 161 Å². The summed E-state index contributed by atoms with van der Waals surface area (Å²) in [6.07, 6.45) is 5.98. The number of rotatable bonds is 3. The van der Waals surface area contributed by atoms with Crippen molar-refractivity contribution < 1.29 is 14.3 Å². The largest absolute Gasteiger partial charge is 0.497 e. The monoisotopic (exact) mass is 370 g/mol.